The van der Waals surface area contributed by atoms with Gasteiger partial charge in [-0.15, -0.1) is 11.3 Å². The van der Waals surface area contributed by atoms with Gasteiger partial charge in [-0.2, -0.15) is 0 Å². The molecule has 0 atom stereocenters. The molecule has 114 valence electrons. The molecule has 0 radical (unpaired) electrons. The molecule has 0 bridgehead atoms. The first-order valence-electron chi connectivity index (χ1n) is 7.04. The highest BCUT2D eigenvalue weighted by atomic mass is 32.1. The minimum Gasteiger partial charge on any atom is -0.493 e. The molecule has 21 heavy (non-hydrogen) atoms. The van der Waals surface area contributed by atoms with Gasteiger partial charge in [0.15, 0.2) is 11.5 Å². The number of methoxy groups -OCH3 is 2. The summed E-state index contributed by atoms with van der Waals surface area (Å²) in [7, 11) is 3.28. The maximum atomic E-state index is 5.34. The quantitative estimate of drug-likeness (QED) is 0.852. The topological polar surface area (TPSA) is 43.4 Å². The van der Waals surface area contributed by atoms with Gasteiger partial charge in [0, 0.05) is 30.0 Å². The zero-order valence-corrected chi connectivity index (χ0v) is 13.8. The molecule has 1 N–H and O–H groups in total. The highest BCUT2D eigenvalue weighted by molar-refractivity contribution is 7.09. The molecule has 1 aromatic heterocycles. The number of nitrogens with zero attached hydrogens (tertiary/aromatic N) is 1. The van der Waals surface area contributed by atoms with Crippen molar-refractivity contribution in [2.24, 2.45) is 0 Å². The Morgan fingerprint density at radius 2 is 1.95 bits per heavy atom. The Morgan fingerprint density at radius 1 is 1.19 bits per heavy atom. The van der Waals surface area contributed by atoms with E-state index >= 15 is 0 Å². The summed E-state index contributed by atoms with van der Waals surface area (Å²) in [6.07, 6.45) is 0.955. The SMILES string of the molecule is COc1ccc(-c2csc(CCNC(C)C)n2)cc1OC. The van der Waals surface area contributed by atoms with E-state index in [1.165, 1.54) is 0 Å². The van der Waals surface area contributed by atoms with Crippen LogP contribution in [0.5, 0.6) is 11.5 Å². The van der Waals surface area contributed by atoms with Crippen molar-refractivity contribution < 1.29 is 9.47 Å². The van der Waals surface area contributed by atoms with Gasteiger partial charge < -0.3 is 14.8 Å². The lowest BCUT2D eigenvalue weighted by Crippen LogP contribution is -2.24. The fourth-order valence-corrected chi connectivity index (χ4v) is 2.83. The van der Waals surface area contributed by atoms with Gasteiger partial charge in [-0.05, 0) is 18.2 Å². The first kappa shape index (κ1) is 15.8. The number of rotatable bonds is 7. The molecular weight excluding hydrogens is 284 g/mol. The molecule has 0 fully saturated rings. The summed E-state index contributed by atoms with van der Waals surface area (Å²) in [4.78, 5) is 4.69. The molecule has 0 aliphatic rings. The predicted octanol–water partition coefficient (Wildman–Crippen LogP) is 3.37. The summed E-state index contributed by atoms with van der Waals surface area (Å²) in [6.45, 7) is 5.25. The molecule has 0 amide bonds. The summed E-state index contributed by atoms with van der Waals surface area (Å²) in [5.74, 6) is 1.46. The van der Waals surface area contributed by atoms with Crippen molar-refractivity contribution in [1.29, 1.82) is 0 Å². The van der Waals surface area contributed by atoms with Crippen LogP contribution < -0.4 is 14.8 Å². The Morgan fingerprint density at radius 3 is 2.62 bits per heavy atom. The van der Waals surface area contributed by atoms with Gasteiger partial charge in [0.2, 0.25) is 0 Å². The van der Waals surface area contributed by atoms with E-state index in [9.17, 15) is 0 Å². The fraction of sp³-hybridized carbons (Fsp3) is 0.438. The molecule has 0 spiro atoms. The summed E-state index contributed by atoms with van der Waals surface area (Å²) >= 11 is 1.70. The first-order valence-corrected chi connectivity index (χ1v) is 7.92. The maximum Gasteiger partial charge on any atom is 0.161 e. The Bertz CT molecular complexity index is 581. The number of ether oxygens (including phenoxy) is 2. The van der Waals surface area contributed by atoms with Gasteiger partial charge in [0.1, 0.15) is 0 Å². The lowest BCUT2D eigenvalue weighted by molar-refractivity contribution is 0.355. The van der Waals surface area contributed by atoms with Crippen molar-refractivity contribution in [2.75, 3.05) is 20.8 Å². The number of benzene rings is 1. The second-order valence-corrected chi connectivity index (χ2v) is 6.00. The third-order valence-electron chi connectivity index (χ3n) is 3.12. The molecule has 0 aliphatic carbocycles. The zero-order valence-electron chi connectivity index (χ0n) is 13.0. The Balaban J connectivity index is 2.10. The molecule has 1 heterocycles. The smallest absolute Gasteiger partial charge is 0.161 e. The number of nitrogens with one attached hydrogen (secondary N) is 1. The van der Waals surface area contributed by atoms with Crippen LogP contribution in [0.2, 0.25) is 0 Å². The minimum atomic E-state index is 0.510. The van der Waals surface area contributed by atoms with Crippen LogP contribution in [-0.2, 0) is 6.42 Å². The number of hydrogen-bond acceptors (Lipinski definition) is 5. The molecule has 0 saturated heterocycles. The van der Waals surface area contributed by atoms with E-state index in [0.717, 1.165) is 40.7 Å². The summed E-state index contributed by atoms with van der Waals surface area (Å²) in [5, 5.41) is 6.64. The third-order valence-corrected chi connectivity index (χ3v) is 4.03. The molecule has 2 rings (SSSR count). The van der Waals surface area contributed by atoms with Crippen LogP contribution in [0.25, 0.3) is 11.3 Å². The summed E-state index contributed by atoms with van der Waals surface area (Å²) in [5.41, 5.74) is 2.03. The van der Waals surface area contributed by atoms with Crippen LogP contribution in [0.3, 0.4) is 0 Å². The van der Waals surface area contributed by atoms with Crippen LogP contribution in [0.1, 0.15) is 18.9 Å². The lowest BCUT2D eigenvalue weighted by atomic mass is 10.1. The molecule has 4 nitrogen and oxygen atoms in total. The Labute approximate surface area is 130 Å². The number of hydrogen-bond donors (Lipinski definition) is 1. The van der Waals surface area contributed by atoms with Gasteiger partial charge in [-0.25, -0.2) is 4.98 Å². The van der Waals surface area contributed by atoms with Crippen molar-refractivity contribution >= 4 is 11.3 Å². The molecule has 2 aromatic rings. The molecular formula is C16H22N2O2S. The minimum absolute atomic E-state index is 0.510. The second kappa shape index (κ2) is 7.43. The molecule has 0 aliphatic heterocycles. The van der Waals surface area contributed by atoms with Gasteiger partial charge >= 0.3 is 0 Å². The normalized spacial score (nSPS) is 10.9. The van der Waals surface area contributed by atoms with Crippen LogP contribution in [0.15, 0.2) is 23.6 Å². The van der Waals surface area contributed by atoms with E-state index in [4.69, 9.17) is 14.5 Å². The van der Waals surface area contributed by atoms with Crippen LogP contribution in [0.4, 0.5) is 0 Å². The molecule has 1 aromatic carbocycles. The van der Waals surface area contributed by atoms with E-state index in [1.54, 1.807) is 25.6 Å². The van der Waals surface area contributed by atoms with E-state index < -0.39 is 0 Å². The van der Waals surface area contributed by atoms with Gasteiger partial charge in [0.05, 0.1) is 24.9 Å². The van der Waals surface area contributed by atoms with Crippen molar-refractivity contribution in [3.05, 3.63) is 28.6 Å². The van der Waals surface area contributed by atoms with Crippen LogP contribution in [-0.4, -0.2) is 31.8 Å². The Kier molecular flexibility index (Phi) is 5.59. The van der Waals surface area contributed by atoms with Gasteiger partial charge in [0.25, 0.3) is 0 Å². The maximum absolute atomic E-state index is 5.34. The number of aromatic nitrogens is 1. The van der Waals surface area contributed by atoms with E-state index in [-0.39, 0.29) is 0 Å². The first-order chi connectivity index (χ1) is 10.1. The van der Waals surface area contributed by atoms with Crippen molar-refractivity contribution in [1.82, 2.24) is 10.3 Å². The average molecular weight is 306 g/mol. The van der Waals surface area contributed by atoms with Gasteiger partial charge in [-0.3, -0.25) is 0 Å². The molecule has 0 saturated carbocycles. The Hall–Kier alpha value is -1.59. The second-order valence-electron chi connectivity index (χ2n) is 5.06. The average Bonchev–Trinajstić information content (AvgIpc) is 2.95. The van der Waals surface area contributed by atoms with E-state index in [0.29, 0.717) is 6.04 Å². The van der Waals surface area contributed by atoms with Crippen molar-refractivity contribution in [3.63, 3.8) is 0 Å². The molecule has 0 unspecified atom stereocenters. The number of thiazole rings is 1. The summed E-state index contributed by atoms with van der Waals surface area (Å²) in [6, 6.07) is 6.39. The molecule has 5 heteroatoms. The zero-order chi connectivity index (χ0) is 15.2. The van der Waals surface area contributed by atoms with Crippen molar-refractivity contribution in [3.8, 4) is 22.8 Å². The predicted molar refractivity (Wildman–Crippen MR) is 87.5 cm³/mol. The van der Waals surface area contributed by atoms with Crippen LogP contribution in [0, 0.1) is 0 Å². The monoisotopic (exact) mass is 306 g/mol. The summed E-state index contributed by atoms with van der Waals surface area (Å²) < 4.78 is 10.6. The third kappa shape index (κ3) is 4.19. The van der Waals surface area contributed by atoms with E-state index in [2.05, 4.69) is 24.5 Å². The fourth-order valence-electron chi connectivity index (χ4n) is 2.02. The van der Waals surface area contributed by atoms with E-state index in [1.807, 2.05) is 18.2 Å². The largest absolute Gasteiger partial charge is 0.493 e. The van der Waals surface area contributed by atoms with Crippen molar-refractivity contribution in [2.45, 2.75) is 26.3 Å². The standard InChI is InChI=1S/C16H22N2O2S/c1-11(2)17-8-7-16-18-13(10-21-16)12-5-6-14(19-3)15(9-12)20-4/h5-6,9-11,17H,7-8H2,1-4H3. The highest BCUT2D eigenvalue weighted by Crippen LogP contribution is 2.32. The van der Waals surface area contributed by atoms with Crippen LogP contribution >= 0.6 is 11.3 Å². The lowest BCUT2D eigenvalue weighted by Gasteiger charge is -2.08. The highest BCUT2D eigenvalue weighted by Gasteiger charge is 2.09. The van der Waals surface area contributed by atoms with Gasteiger partial charge in [-0.1, -0.05) is 13.8 Å².